The zero-order valence-corrected chi connectivity index (χ0v) is 14.3. The van der Waals surface area contributed by atoms with E-state index in [2.05, 4.69) is 47.2 Å². The Balaban J connectivity index is 2.12. The molecule has 0 saturated heterocycles. The Morgan fingerprint density at radius 1 is 1.37 bits per heavy atom. The van der Waals surface area contributed by atoms with Gasteiger partial charge in [-0.15, -0.1) is 11.3 Å². The fourth-order valence-electron chi connectivity index (χ4n) is 3.21. The van der Waals surface area contributed by atoms with Gasteiger partial charge in [-0.2, -0.15) is 0 Å². The summed E-state index contributed by atoms with van der Waals surface area (Å²) >= 11 is 5.39. The van der Waals surface area contributed by atoms with Crippen molar-refractivity contribution in [3.05, 3.63) is 20.8 Å². The van der Waals surface area contributed by atoms with Crippen LogP contribution in [0.4, 0.5) is 0 Å². The predicted molar refractivity (Wildman–Crippen MR) is 86.0 cm³/mol. The fourth-order valence-corrected chi connectivity index (χ4v) is 4.74. The molecule has 1 aliphatic rings. The lowest BCUT2D eigenvalue weighted by molar-refractivity contribution is -0.0607. The van der Waals surface area contributed by atoms with E-state index in [0.29, 0.717) is 6.04 Å². The van der Waals surface area contributed by atoms with Crippen LogP contribution < -0.4 is 5.32 Å². The normalized spacial score (nSPS) is 19.7. The maximum absolute atomic E-state index is 6.21. The van der Waals surface area contributed by atoms with Crippen LogP contribution >= 0.6 is 27.3 Å². The third-order valence-corrected chi connectivity index (χ3v) is 5.65. The van der Waals surface area contributed by atoms with Crippen molar-refractivity contribution < 1.29 is 4.74 Å². The average molecular weight is 346 g/mol. The summed E-state index contributed by atoms with van der Waals surface area (Å²) in [7, 11) is 0. The van der Waals surface area contributed by atoms with E-state index in [1.807, 2.05) is 11.3 Å². The zero-order valence-electron chi connectivity index (χ0n) is 11.9. The van der Waals surface area contributed by atoms with Crippen molar-refractivity contribution >= 4 is 27.3 Å². The summed E-state index contributed by atoms with van der Waals surface area (Å²) in [6.45, 7) is 6.12. The SMILES string of the molecule is CCNC(Cc1ccc(Br)s1)C1(OCC)CCCC1. The number of hydrogen-bond acceptors (Lipinski definition) is 3. The van der Waals surface area contributed by atoms with E-state index in [-0.39, 0.29) is 5.60 Å². The van der Waals surface area contributed by atoms with Gasteiger partial charge >= 0.3 is 0 Å². The van der Waals surface area contributed by atoms with Gasteiger partial charge in [-0.25, -0.2) is 0 Å². The molecule has 19 heavy (non-hydrogen) atoms. The largest absolute Gasteiger partial charge is 0.374 e. The Labute approximate surface area is 129 Å². The molecule has 0 aromatic carbocycles. The second-order valence-corrected chi connectivity index (χ2v) is 7.77. The Bertz CT molecular complexity index is 387. The number of halogens is 1. The summed E-state index contributed by atoms with van der Waals surface area (Å²) in [4.78, 5) is 1.43. The van der Waals surface area contributed by atoms with E-state index >= 15 is 0 Å². The molecule has 0 aliphatic heterocycles. The quantitative estimate of drug-likeness (QED) is 0.791. The number of hydrogen-bond donors (Lipinski definition) is 1. The van der Waals surface area contributed by atoms with Gasteiger partial charge in [-0.3, -0.25) is 0 Å². The molecule has 0 amide bonds. The second kappa shape index (κ2) is 7.21. The van der Waals surface area contributed by atoms with E-state index in [1.165, 1.54) is 34.3 Å². The first-order valence-corrected chi connectivity index (χ1v) is 8.92. The summed E-state index contributed by atoms with van der Waals surface area (Å²) in [5, 5.41) is 3.67. The summed E-state index contributed by atoms with van der Waals surface area (Å²) in [5.41, 5.74) is 0.0568. The van der Waals surface area contributed by atoms with Gasteiger partial charge in [-0.1, -0.05) is 19.8 Å². The number of thiophene rings is 1. The molecule has 1 N–H and O–H groups in total. The second-order valence-electron chi connectivity index (χ2n) is 5.23. The third kappa shape index (κ3) is 3.81. The predicted octanol–water partition coefficient (Wildman–Crippen LogP) is 4.38. The van der Waals surface area contributed by atoms with Gasteiger partial charge < -0.3 is 10.1 Å². The van der Waals surface area contributed by atoms with Crippen molar-refractivity contribution in [3.8, 4) is 0 Å². The van der Waals surface area contributed by atoms with E-state index in [4.69, 9.17) is 4.74 Å². The van der Waals surface area contributed by atoms with Crippen LogP contribution in [0.2, 0.25) is 0 Å². The first-order valence-electron chi connectivity index (χ1n) is 7.31. The molecule has 108 valence electrons. The van der Waals surface area contributed by atoms with E-state index in [9.17, 15) is 0 Å². The van der Waals surface area contributed by atoms with Crippen molar-refractivity contribution in [3.63, 3.8) is 0 Å². The van der Waals surface area contributed by atoms with E-state index in [1.54, 1.807) is 0 Å². The Kier molecular flexibility index (Phi) is 5.87. The van der Waals surface area contributed by atoms with Crippen molar-refractivity contribution in [2.24, 2.45) is 0 Å². The van der Waals surface area contributed by atoms with Gasteiger partial charge in [0.2, 0.25) is 0 Å². The maximum atomic E-state index is 6.21. The van der Waals surface area contributed by atoms with Crippen LogP contribution in [0.15, 0.2) is 15.9 Å². The Morgan fingerprint density at radius 2 is 2.11 bits per heavy atom. The van der Waals surface area contributed by atoms with Crippen LogP contribution in [0.1, 0.15) is 44.4 Å². The Morgan fingerprint density at radius 3 is 2.63 bits per heavy atom. The first-order chi connectivity index (χ1) is 9.20. The van der Waals surface area contributed by atoms with Crippen LogP contribution in [-0.2, 0) is 11.2 Å². The highest BCUT2D eigenvalue weighted by Gasteiger charge is 2.41. The molecule has 1 saturated carbocycles. The highest BCUT2D eigenvalue weighted by molar-refractivity contribution is 9.11. The van der Waals surface area contributed by atoms with Crippen LogP contribution in [0.5, 0.6) is 0 Å². The van der Waals surface area contributed by atoms with Gasteiger partial charge in [0, 0.05) is 17.5 Å². The number of nitrogens with one attached hydrogen (secondary N) is 1. The number of rotatable bonds is 7. The van der Waals surface area contributed by atoms with Gasteiger partial charge in [-0.05, 0) is 60.8 Å². The lowest BCUT2D eigenvalue weighted by Gasteiger charge is -2.38. The van der Waals surface area contributed by atoms with E-state index in [0.717, 1.165) is 19.6 Å². The molecule has 2 rings (SSSR count). The van der Waals surface area contributed by atoms with Gasteiger partial charge in [0.25, 0.3) is 0 Å². The lowest BCUT2D eigenvalue weighted by Crippen LogP contribution is -2.52. The van der Waals surface area contributed by atoms with Crippen LogP contribution in [0, 0.1) is 0 Å². The van der Waals surface area contributed by atoms with Crippen LogP contribution in [-0.4, -0.2) is 24.8 Å². The molecule has 1 aromatic rings. The molecule has 0 bridgehead atoms. The third-order valence-electron chi connectivity index (χ3n) is 4.00. The van der Waals surface area contributed by atoms with Crippen LogP contribution in [0.25, 0.3) is 0 Å². The van der Waals surface area contributed by atoms with Gasteiger partial charge in [0.05, 0.1) is 9.39 Å². The van der Waals surface area contributed by atoms with Crippen molar-refractivity contribution in [1.82, 2.24) is 5.32 Å². The van der Waals surface area contributed by atoms with Gasteiger partial charge in [0.15, 0.2) is 0 Å². The molecule has 1 heterocycles. The van der Waals surface area contributed by atoms with Crippen molar-refractivity contribution in [2.75, 3.05) is 13.2 Å². The summed E-state index contributed by atoms with van der Waals surface area (Å²) in [5.74, 6) is 0. The van der Waals surface area contributed by atoms with E-state index < -0.39 is 0 Å². The summed E-state index contributed by atoms with van der Waals surface area (Å²) in [6.07, 6.45) is 6.08. The minimum Gasteiger partial charge on any atom is -0.374 e. The molecule has 4 heteroatoms. The number of likely N-dealkylation sites (N-methyl/N-ethyl adjacent to an activating group) is 1. The monoisotopic (exact) mass is 345 g/mol. The minimum absolute atomic E-state index is 0.0568. The maximum Gasteiger partial charge on any atom is 0.0838 e. The zero-order chi connectivity index (χ0) is 13.7. The van der Waals surface area contributed by atoms with Gasteiger partial charge in [0.1, 0.15) is 0 Å². The van der Waals surface area contributed by atoms with Crippen molar-refractivity contribution in [2.45, 2.75) is 57.6 Å². The molecule has 2 nitrogen and oxygen atoms in total. The molecule has 0 spiro atoms. The Hall–Kier alpha value is 0.1000. The van der Waals surface area contributed by atoms with Crippen LogP contribution in [0.3, 0.4) is 0 Å². The highest BCUT2D eigenvalue weighted by atomic mass is 79.9. The standard InChI is InChI=1S/C15H24BrNOS/c1-3-17-13(11-12-7-8-14(16)19-12)15(18-4-2)9-5-6-10-15/h7-8,13,17H,3-6,9-11H2,1-2H3. The molecular formula is C15H24BrNOS. The molecule has 1 aliphatic carbocycles. The average Bonchev–Trinajstić information content (AvgIpc) is 3.00. The molecule has 1 aromatic heterocycles. The smallest absolute Gasteiger partial charge is 0.0838 e. The summed E-state index contributed by atoms with van der Waals surface area (Å²) < 4.78 is 7.43. The molecule has 0 radical (unpaired) electrons. The fraction of sp³-hybridized carbons (Fsp3) is 0.733. The molecular weight excluding hydrogens is 322 g/mol. The molecule has 1 fully saturated rings. The minimum atomic E-state index is 0.0568. The first kappa shape index (κ1) is 15.5. The highest BCUT2D eigenvalue weighted by Crippen LogP contribution is 2.38. The molecule has 1 unspecified atom stereocenters. The topological polar surface area (TPSA) is 21.3 Å². The molecule has 1 atom stereocenters. The van der Waals surface area contributed by atoms with Crippen molar-refractivity contribution in [1.29, 1.82) is 0 Å². The number of ether oxygens (including phenoxy) is 1. The summed E-state index contributed by atoms with van der Waals surface area (Å²) in [6, 6.07) is 4.81. The lowest BCUT2D eigenvalue weighted by atomic mass is 9.89.